The molecule has 0 radical (unpaired) electrons. The molecule has 5 nitrogen and oxygen atoms in total. The van der Waals surface area contributed by atoms with Gasteiger partial charge >= 0.3 is 12.2 Å². The van der Waals surface area contributed by atoms with Crippen molar-refractivity contribution < 1.29 is 23.1 Å². The third kappa shape index (κ3) is 8.41. The predicted octanol–water partition coefficient (Wildman–Crippen LogP) is 2.06. The van der Waals surface area contributed by atoms with E-state index in [0.29, 0.717) is 32.6 Å². The van der Waals surface area contributed by atoms with Gasteiger partial charge in [-0.25, -0.2) is 4.79 Å². The van der Waals surface area contributed by atoms with E-state index in [1.165, 1.54) is 4.90 Å². The van der Waals surface area contributed by atoms with Crippen molar-refractivity contribution >= 4 is 6.03 Å². The van der Waals surface area contributed by atoms with Crippen LogP contribution in [0.2, 0.25) is 0 Å². The summed E-state index contributed by atoms with van der Waals surface area (Å²) in [5, 5.41) is 12.0. The van der Waals surface area contributed by atoms with Gasteiger partial charge in [0.25, 0.3) is 0 Å². The van der Waals surface area contributed by atoms with E-state index in [1.54, 1.807) is 4.90 Å². The highest BCUT2D eigenvalue weighted by molar-refractivity contribution is 5.74. The van der Waals surface area contributed by atoms with Crippen LogP contribution in [0.15, 0.2) is 0 Å². The zero-order valence-electron chi connectivity index (χ0n) is 14.0. The molecule has 8 heteroatoms. The van der Waals surface area contributed by atoms with Crippen molar-refractivity contribution in [1.29, 1.82) is 0 Å². The summed E-state index contributed by atoms with van der Waals surface area (Å²) in [6, 6.07) is -0.222. The minimum Gasteiger partial charge on any atom is -0.396 e. The Kier molecular flexibility index (Phi) is 7.60. The Morgan fingerprint density at radius 1 is 1.17 bits per heavy atom. The molecule has 1 aliphatic rings. The van der Waals surface area contributed by atoms with Crippen LogP contribution in [0.3, 0.4) is 0 Å². The molecule has 1 saturated heterocycles. The maximum absolute atomic E-state index is 12.4. The van der Waals surface area contributed by atoms with Gasteiger partial charge in [-0.05, 0) is 24.7 Å². The average Bonchev–Trinajstić information content (AvgIpc) is 2.67. The van der Waals surface area contributed by atoms with Crippen LogP contribution in [0.4, 0.5) is 18.0 Å². The highest BCUT2D eigenvalue weighted by Gasteiger charge is 2.31. The van der Waals surface area contributed by atoms with Crippen molar-refractivity contribution in [2.24, 2.45) is 5.41 Å². The van der Waals surface area contributed by atoms with E-state index < -0.39 is 12.7 Å². The Hall–Kier alpha value is -1.02. The van der Waals surface area contributed by atoms with Gasteiger partial charge in [-0.1, -0.05) is 13.8 Å². The molecule has 2 N–H and O–H groups in total. The molecule has 2 amide bonds. The molecule has 0 spiro atoms. The molecule has 0 aromatic rings. The molecule has 1 heterocycles. The zero-order chi connectivity index (χ0) is 17.5. The van der Waals surface area contributed by atoms with Gasteiger partial charge < -0.3 is 15.3 Å². The standard InChI is InChI=1S/C15H28F3N3O2/c1-14(2,12-22)5-3-6-19-13(23)21-8-4-7-20(9-10-21)11-15(16,17)18/h22H,3-12H2,1-2H3,(H,19,23). The molecule has 1 rings (SSSR count). The lowest BCUT2D eigenvalue weighted by atomic mass is 9.89. The van der Waals surface area contributed by atoms with Crippen LogP contribution in [-0.4, -0.2) is 73.0 Å². The van der Waals surface area contributed by atoms with Crippen LogP contribution in [0, 0.1) is 5.41 Å². The lowest BCUT2D eigenvalue weighted by Gasteiger charge is -2.24. The maximum atomic E-state index is 12.4. The first-order valence-electron chi connectivity index (χ1n) is 8.06. The van der Waals surface area contributed by atoms with Crippen LogP contribution >= 0.6 is 0 Å². The Morgan fingerprint density at radius 3 is 2.48 bits per heavy atom. The van der Waals surface area contributed by atoms with Crippen molar-refractivity contribution in [2.45, 2.75) is 39.3 Å². The number of carbonyl (C=O) groups excluding carboxylic acids is 1. The minimum absolute atomic E-state index is 0.0993. The fourth-order valence-corrected chi connectivity index (χ4v) is 2.54. The molecule has 0 atom stereocenters. The third-order valence-electron chi connectivity index (χ3n) is 4.01. The first-order chi connectivity index (χ1) is 10.6. The first-order valence-corrected chi connectivity index (χ1v) is 8.06. The number of aliphatic hydroxyl groups excluding tert-OH is 1. The Morgan fingerprint density at radius 2 is 1.87 bits per heavy atom. The molecule has 0 aromatic carbocycles. The molecular formula is C15H28F3N3O2. The van der Waals surface area contributed by atoms with E-state index in [0.717, 1.165) is 12.8 Å². The monoisotopic (exact) mass is 339 g/mol. The molecule has 0 unspecified atom stereocenters. The van der Waals surface area contributed by atoms with Gasteiger partial charge in [-0.3, -0.25) is 4.90 Å². The fraction of sp³-hybridized carbons (Fsp3) is 0.933. The number of nitrogens with zero attached hydrogens (tertiary/aromatic N) is 2. The second-order valence-electron chi connectivity index (χ2n) is 6.89. The van der Waals surface area contributed by atoms with Crippen LogP contribution in [0.1, 0.15) is 33.1 Å². The van der Waals surface area contributed by atoms with Crippen molar-refractivity contribution in [3.05, 3.63) is 0 Å². The minimum atomic E-state index is -4.20. The van der Waals surface area contributed by atoms with Gasteiger partial charge in [0.15, 0.2) is 0 Å². The molecular weight excluding hydrogens is 311 g/mol. The molecule has 1 aliphatic heterocycles. The van der Waals surface area contributed by atoms with Gasteiger partial charge in [0, 0.05) is 39.3 Å². The summed E-state index contributed by atoms with van der Waals surface area (Å²) < 4.78 is 37.2. The summed E-state index contributed by atoms with van der Waals surface area (Å²) in [6.45, 7) is 4.98. The van der Waals surface area contributed by atoms with E-state index in [-0.39, 0.29) is 24.6 Å². The third-order valence-corrected chi connectivity index (χ3v) is 4.01. The van der Waals surface area contributed by atoms with Gasteiger partial charge in [-0.2, -0.15) is 13.2 Å². The summed E-state index contributed by atoms with van der Waals surface area (Å²) >= 11 is 0. The van der Waals surface area contributed by atoms with Gasteiger partial charge in [0.2, 0.25) is 0 Å². The molecule has 0 bridgehead atoms. The summed E-state index contributed by atoms with van der Waals surface area (Å²) in [6.07, 6.45) is -2.10. The normalized spacial score (nSPS) is 17.9. The second-order valence-corrected chi connectivity index (χ2v) is 6.89. The molecule has 1 fully saturated rings. The van der Waals surface area contributed by atoms with Crippen LogP contribution < -0.4 is 5.32 Å². The van der Waals surface area contributed by atoms with E-state index in [1.807, 2.05) is 13.8 Å². The van der Waals surface area contributed by atoms with Crippen LogP contribution in [-0.2, 0) is 0 Å². The number of rotatable bonds is 6. The average molecular weight is 339 g/mol. The summed E-state index contributed by atoms with van der Waals surface area (Å²) in [5.74, 6) is 0. The van der Waals surface area contributed by atoms with Crippen LogP contribution in [0.5, 0.6) is 0 Å². The molecule has 23 heavy (non-hydrogen) atoms. The highest BCUT2D eigenvalue weighted by Crippen LogP contribution is 2.20. The number of alkyl halides is 3. The first kappa shape index (κ1) is 20.0. The van der Waals surface area contributed by atoms with E-state index in [9.17, 15) is 18.0 Å². The van der Waals surface area contributed by atoms with E-state index in [4.69, 9.17) is 5.11 Å². The molecule has 136 valence electrons. The highest BCUT2D eigenvalue weighted by atomic mass is 19.4. The van der Waals surface area contributed by atoms with Crippen molar-refractivity contribution in [2.75, 3.05) is 45.9 Å². The smallest absolute Gasteiger partial charge is 0.396 e. The topological polar surface area (TPSA) is 55.8 Å². The number of amides is 2. The number of hydrogen-bond acceptors (Lipinski definition) is 3. The maximum Gasteiger partial charge on any atom is 0.401 e. The Balaban J connectivity index is 2.29. The SMILES string of the molecule is CC(C)(CO)CCCNC(=O)N1CCCN(CC(F)(F)F)CC1. The zero-order valence-corrected chi connectivity index (χ0v) is 14.0. The van der Waals surface area contributed by atoms with Crippen molar-refractivity contribution in [1.82, 2.24) is 15.1 Å². The van der Waals surface area contributed by atoms with Crippen LogP contribution in [0.25, 0.3) is 0 Å². The van der Waals surface area contributed by atoms with E-state index in [2.05, 4.69) is 5.32 Å². The number of aliphatic hydroxyl groups is 1. The lowest BCUT2D eigenvalue weighted by molar-refractivity contribution is -0.145. The Labute approximate surface area is 135 Å². The summed E-state index contributed by atoms with van der Waals surface area (Å²) in [5.41, 5.74) is -0.161. The summed E-state index contributed by atoms with van der Waals surface area (Å²) in [7, 11) is 0. The number of halogens is 3. The quantitative estimate of drug-likeness (QED) is 0.729. The molecule has 0 aromatic heterocycles. The van der Waals surface area contributed by atoms with Gasteiger partial charge in [-0.15, -0.1) is 0 Å². The number of carbonyl (C=O) groups is 1. The number of nitrogens with one attached hydrogen (secondary N) is 1. The number of hydrogen-bond donors (Lipinski definition) is 2. The van der Waals surface area contributed by atoms with Gasteiger partial charge in [0.1, 0.15) is 0 Å². The largest absolute Gasteiger partial charge is 0.401 e. The molecule has 0 aliphatic carbocycles. The predicted molar refractivity (Wildman–Crippen MR) is 82.2 cm³/mol. The fourth-order valence-electron chi connectivity index (χ4n) is 2.54. The van der Waals surface area contributed by atoms with E-state index >= 15 is 0 Å². The van der Waals surface area contributed by atoms with Gasteiger partial charge in [0.05, 0.1) is 6.54 Å². The Bertz CT molecular complexity index is 375. The lowest BCUT2D eigenvalue weighted by Crippen LogP contribution is -2.43. The van der Waals surface area contributed by atoms with Crippen molar-refractivity contribution in [3.63, 3.8) is 0 Å². The summed E-state index contributed by atoms with van der Waals surface area (Å²) in [4.78, 5) is 15.0. The second kappa shape index (κ2) is 8.73. The molecule has 0 saturated carbocycles. The van der Waals surface area contributed by atoms with Crippen molar-refractivity contribution in [3.8, 4) is 0 Å². The number of urea groups is 1.